The summed E-state index contributed by atoms with van der Waals surface area (Å²) in [5, 5.41) is 10.1. The van der Waals surface area contributed by atoms with Crippen LogP contribution in [0.3, 0.4) is 0 Å². The topological polar surface area (TPSA) is 108 Å². The molecular formula is C18H17N4O3+. The Hall–Kier alpha value is -3.32. The maximum absolute atomic E-state index is 11.7. The Morgan fingerprint density at radius 2 is 2.04 bits per heavy atom. The van der Waals surface area contributed by atoms with E-state index in [4.69, 9.17) is 5.84 Å². The van der Waals surface area contributed by atoms with Crippen LogP contribution < -0.4 is 11.3 Å². The molecule has 0 saturated heterocycles. The van der Waals surface area contributed by atoms with Crippen molar-refractivity contribution >= 4 is 35.1 Å². The number of nitrogens with one attached hydrogen (secondary N) is 1. The van der Waals surface area contributed by atoms with Crippen molar-refractivity contribution in [2.45, 2.75) is 13.3 Å². The molecule has 7 nitrogen and oxygen atoms in total. The number of aliphatic imine (C=N–C) groups is 1. The Balaban J connectivity index is 2.11. The molecule has 126 valence electrons. The number of ketones is 1. The molecule has 1 amide bonds. The van der Waals surface area contributed by atoms with E-state index in [9.17, 15) is 14.7 Å². The first-order valence-electron chi connectivity index (χ1n) is 7.63. The van der Waals surface area contributed by atoms with E-state index in [0.717, 1.165) is 5.69 Å². The average molecular weight is 337 g/mol. The maximum Gasteiger partial charge on any atom is 0.314 e. The number of Topliss-reactive ketones (excluding diaryl/α,β-unsaturated/α-hetero) is 1. The molecule has 0 radical (unpaired) electrons. The molecule has 1 aliphatic heterocycles. The van der Waals surface area contributed by atoms with Crippen LogP contribution in [0.25, 0.3) is 0 Å². The molecule has 0 unspecified atom stereocenters. The molecule has 1 heterocycles. The fourth-order valence-corrected chi connectivity index (χ4v) is 2.57. The summed E-state index contributed by atoms with van der Waals surface area (Å²) in [6.45, 7) is 1.46. The minimum atomic E-state index is -0.383. The molecule has 0 bridgehead atoms. The van der Waals surface area contributed by atoms with Gasteiger partial charge >= 0.3 is 5.84 Å². The quantitative estimate of drug-likeness (QED) is 0.260. The number of hydrogen-bond donors (Lipinski definition) is 3. The number of phenolic OH excluding ortho intramolecular Hbond substituents is 1. The van der Waals surface area contributed by atoms with E-state index < -0.39 is 0 Å². The van der Waals surface area contributed by atoms with Crippen molar-refractivity contribution in [3.05, 3.63) is 53.6 Å². The highest BCUT2D eigenvalue weighted by atomic mass is 16.3. The van der Waals surface area contributed by atoms with E-state index in [0.29, 0.717) is 22.6 Å². The van der Waals surface area contributed by atoms with Gasteiger partial charge in [0.1, 0.15) is 18.4 Å². The van der Waals surface area contributed by atoms with Crippen LogP contribution >= 0.6 is 0 Å². The number of aromatic hydroxyl groups is 1. The summed E-state index contributed by atoms with van der Waals surface area (Å²) >= 11 is 0. The van der Waals surface area contributed by atoms with Gasteiger partial charge < -0.3 is 5.11 Å². The van der Waals surface area contributed by atoms with Gasteiger partial charge in [0.2, 0.25) is 11.6 Å². The highest BCUT2D eigenvalue weighted by Crippen LogP contribution is 2.34. The number of nitrogens with zero attached hydrogens (tertiary/aromatic N) is 2. The number of benzene rings is 2. The fraction of sp³-hybridized carbons (Fsp3) is 0.111. The van der Waals surface area contributed by atoms with E-state index in [1.165, 1.54) is 13.0 Å². The molecule has 0 spiro atoms. The maximum atomic E-state index is 11.7. The largest absolute Gasteiger partial charge is 0.507 e. The molecule has 7 heteroatoms. The molecule has 2 aromatic carbocycles. The summed E-state index contributed by atoms with van der Waals surface area (Å²) in [7, 11) is 0. The monoisotopic (exact) mass is 337 g/mol. The summed E-state index contributed by atoms with van der Waals surface area (Å²) in [6, 6.07) is 12.0. The number of para-hydroxylation sites is 2. The van der Waals surface area contributed by atoms with E-state index >= 15 is 0 Å². The first-order valence-corrected chi connectivity index (χ1v) is 7.63. The number of hydrogen-bond acceptors (Lipinski definition) is 5. The zero-order valence-corrected chi connectivity index (χ0v) is 13.6. The van der Waals surface area contributed by atoms with Crippen molar-refractivity contribution in [1.29, 1.82) is 0 Å². The smallest absolute Gasteiger partial charge is 0.314 e. The lowest BCUT2D eigenvalue weighted by Gasteiger charge is -2.04. The predicted octanol–water partition coefficient (Wildman–Crippen LogP) is 1.78. The van der Waals surface area contributed by atoms with Crippen molar-refractivity contribution in [2.24, 2.45) is 10.8 Å². The van der Waals surface area contributed by atoms with Crippen LogP contribution in [-0.4, -0.2) is 33.4 Å². The van der Waals surface area contributed by atoms with Gasteiger partial charge in [0.15, 0.2) is 11.5 Å². The van der Waals surface area contributed by atoms with Crippen molar-refractivity contribution in [3.63, 3.8) is 0 Å². The first kappa shape index (κ1) is 16.5. The van der Waals surface area contributed by atoms with E-state index in [1.807, 2.05) is 24.3 Å². The summed E-state index contributed by atoms with van der Waals surface area (Å²) in [5.74, 6) is 5.18. The molecule has 4 N–H and O–H groups in total. The second-order valence-corrected chi connectivity index (χ2v) is 5.59. The van der Waals surface area contributed by atoms with E-state index in [-0.39, 0.29) is 23.9 Å². The molecule has 0 fully saturated rings. The Morgan fingerprint density at radius 1 is 1.28 bits per heavy atom. The molecule has 1 aliphatic rings. The standard InChI is InChI=1S/C18H16N4O3/c1-11(23)12-6-7-16(24)13(8-12)10-22-15-5-3-2-4-14(15)20-17(22)9-18(25)21-19/h2-8,10H,9,19H2,1H3,(H,21,25)/p+1. The van der Waals surface area contributed by atoms with Gasteiger partial charge in [-0.25, -0.2) is 5.84 Å². The van der Waals surface area contributed by atoms with Gasteiger partial charge in [0, 0.05) is 5.56 Å². The highest BCUT2D eigenvalue weighted by molar-refractivity contribution is 6.03. The van der Waals surface area contributed by atoms with Gasteiger partial charge in [0.05, 0.1) is 5.56 Å². The van der Waals surface area contributed by atoms with Crippen LogP contribution in [0.5, 0.6) is 5.75 Å². The Kier molecular flexibility index (Phi) is 4.40. The zero-order chi connectivity index (χ0) is 18.0. The normalized spacial score (nSPS) is 14.2. The second kappa shape index (κ2) is 6.66. The minimum absolute atomic E-state index is 0.0190. The number of hydrazine groups is 1. The van der Waals surface area contributed by atoms with Gasteiger partial charge in [0.25, 0.3) is 0 Å². The number of carbonyl (C=O) groups is 2. The van der Waals surface area contributed by atoms with Crippen LogP contribution in [0.4, 0.5) is 11.4 Å². The summed E-state index contributed by atoms with van der Waals surface area (Å²) < 4.78 is 1.71. The van der Waals surface area contributed by atoms with Gasteiger partial charge in [-0.3, -0.25) is 15.0 Å². The number of phenols is 1. The number of fused-ring (bicyclic) bond motifs is 1. The lowest BCUT2D eigenvalue weighted by molar-refractivity contribution is -0.296. The van der Waals surface area contributed by atoms with Crippen molar-refractivity contribution in [2.75, 3.05) is 0 Å². The lowest BCUT2D eigenvalue weighted by atomic mass is 10.1. The van der Waals surface area contributed by atoms with Crippen molar-refractivity contribution < 1.29 is 19.3 Å². The van der Waals surface area contributed by atoms with Gasteiger partial charge in [-0.05, 0) is 42.2 Å². The summed E-state index contributed by atoms with van der Waals surface area (Å²) in [5.41, 5.74) is 4.50. The molecular weight excluding hydrogens is 320 g/mol. The van der Waals surface area contributed by atoms with Gasteiger partial charge in [-0.15, -0.1) is 0 Å². The fourth-order valence-electron chi connectivity index (χ4n) is 2.57. The molecule has 0 aliphatic carbocycles. The van der Waals surface area contributed by atoms with Gasteiger partial charge in [-0.1, -0.05) is 12.1 Å². The second-order valence-electron chi connectivity index (χ2n) is 5.59. The molecule has 0 atom stereocenters. The van der Waals surface area contributed by atoms with Gasteiger partial charge in [-0.2, -0.15) is 4.58 Å². The van der Waals surface area contributed by atoms with E-state index in [1.54, 1.807) is 22.9 Å². The first-order chi connectivity index (χ1) is 12.0. The highest BCUT2D eigenvalue weighted by Gasteiger charge is 2.31. The number of rotatable bonds is 4. The molecule has 2 aromatic rings. The molecule has 0 aromatic heterocycles. The summed E-state index contributed by atoms with van der Waals surface area (Å²) in [6.07, 6.45) is 1.63. The van der Waals surface area contributed by atoms with Crippen LogP contribution in [0.1, 0.15) is 29.3 Å². The number of amides is 1. The van der Waals surface area contributed by atoms with Crippen LogP contribution in [0, 0.1) is 0 Å². The average Bonchev–Trinajstić information content (AvgIpc) is 2.93. The van der Waals surface area contributed by atoms with Crippen molar-refractivity contribution in [3.8, 4) is 5.75 Å². The Bertz CT molecular complexity index is 932. The third-order valence-corrected chi connectivity index (χ3v) is 3.85. The Labute approximate surface area is 144 Å². The number of carbonyl (C=O) groups excluding carboxylic acids is 2. The number of amidine groups is 1. The summed E-state index contributed by atoms with van der Waals surface area (Å²) in [4.78, 5) is 27.7. The third-order valence-electron chi connectivity index (χ3n) is 3.85. The van der Waals surface area contributed by atoms with Crippen LogP contribution in [-0.2, 0) is 4.79 Å². The third kappa shape index (κ3) is 3.31. The van der Waals surface area contributed by atoms with E-state index in [2.05, 4.69) is 10.4 Å². The zero-order valence-electron chi connectivity index (χ0n) is 13.6. The van der Waals surface area contributed by atoms with Crippen molar-refractivity contribution in [1.82, 2.24) is 5.43 Å². The van der Waals surface area contributed by atoms with Crippen LogP contribution in [0.15, 0.2) is 47.5 Å². The molecule has 3 rings (SSSR count). The minimum Gasteiger partial charge on any atom is -0.507 e. The predicted molar refractivity (Wildman–Crippen MR) is 93.7 cm³/mol. The number of nitrogens with two attached hydrogens (primary N) is 1. The molecule has 25 heavy (non-hydrogen) atoms. The van der Waals surface area contributed by atoms with Crippen LogP contribution in [0.2, 0.25) is 0 Å². The lowest BCUT2D eigenvalue weighted by Crippen LogP contribution is -2.33. The molecule has 0 saturated carbocycles. The SMILES string of the molecule is CC(=O)c1ccc(O)c(C=[N+]2C(CC(=O)NN)=Nc3ccccc32)c1. The Morgan fingerprint density at radius 3 is 2.76 bits per heavy atom.